The van der Waals surface area contributed by atoms with Crippen LogP contribution in [0.25, 0.3) is 0 Å². The molecule has 0 saturated carbocycles. The molecule has 0 aliphatic carbocycles. The van der Waals surface area contributed by atoms with Gasteiger partial charge in [-0.2, -0.15) is 0 Å². The molecular formula is C17H20FNO. The smallest absolute Gasteiger partial charge is 0.123 e. The van der Waals surface area contributed by atoms with Crippen LogP contribution in [0.3, 0.4) is 0 Å². The van der Waals surface area contributed by atoms with Crippen LogP contribution in [0.4, 0.5) is 4.39 Å². The average Bonchev–Trinajstić information content (AvgIpc) is 2.41. The molecule has 0 fully saturated rings. The topological polar surface area (TPSA) is 21.3 Å². The maximum atomic E-state index is 13.6. The van der Waals surface area contributed by atoms with Crippen LogP contribution in [0.5, 0.6) is 5.75 Å². The van der Waals surface area contributed by atoms with Gasteiger partial charge in [0.15, 0.2) is 0 Å². The van der Waals surface area contributed by atoms with Gasteiger partial charge in [0.1, 0.15) is 11.6 Å². The van der Waals surface area contributed by atoms with Crippen molar-refractivity contribution in [2.24, 2.45) is 0 Å². The number of benzene rings is 2. The molecule has 106 valence electrons. The first kappa shape index (κ1) is 14.5. The molecule has 2 aromatic rings. The van der Waals surface area contributed by atoms with Crippen LogP contribution in [0, 0.1) is 12.7 Å². The Balaban J connectivity index is 2.31. The zero-order chi connectivity index (χ0) is 14.5. The van der Waals surface area contributed by atoms with Crippen LogP contribution in [0.2, 0.25) is 0 Å². The highest BCUT2D eigenvalue weighted by molar-refractivity contribution is 5.37. The second-order valence-corrected chi connectivity index (χ2v) is 4.79. The lowest BCUT2D eigenvalue weighted by Crippen LogP contribution is -2.18. The monoisotopic (exact) mass is 273 g/mol. The van der Waals surface area contributed by atoms with Gasteiger partial charge in [-0.3, -0.25) is 0 Å². The average molecular weight is 273 g/mol. The van der Waals surface area contributed by atoms with Crippen LogP contribution in [0.1, 0.15) is 29.7 Å². The highest BCUT2D eigenvalue weighted by atomic mass is 19.1. The molecule has 0 heterocycles. The number of nitrogens with one attached hydrogen (secondary N) is 1. The first-order valence-electron chi connectivity index (χ1n) is 6.81. The van der Waals surface area contributed by atoms with E-state index in [4.69, 9.17) is 4.74 Å². The van der Waals surface area contributed by atoms with Crippen molar-refractivity contribution in [1.29, 1.82) is 0 Å². The van der Waals surface area contributed by atoms with Gasteiger partial charge in [0.05, 0.1) is 12.6 Å². The van der Waals surface area contributed by atoms with Crippen molar-refractivity contribution in [3.05, 3.63) is 65.0 Å². The van der Waals surface area contributed by atoms with Gasteiger partial charge in [0.25, 0.3) is 0 Å². The number of rotatable bonds is 5. The van der Waals surface area contributed by atoms with Gasteiger partial charge >= 0.3 is 0 Å². The fourth-order valence-electron chi connectivity index (χ4n) is 2.38. The number of hydrogen-bond acceptors (Lipinski definition) is 2. The molecule has 0 amide bonds. The SMILES string of the molecule is CCOc1ccc(C(NC)c2cc(C)cc(F)c2)cc1. The zero-order valence-electron chi connectivity index (χ0n) is 12.1. The van der Waals surface area contributed by atoms with E-state index in [-0.39, 0.29) is 11.9 Å². The third-order valence-corrected chi connectivity index (χ3v) is 3.21. The fraction of sp³-hybridized carbons (Fsp3) is 0.294. The summed E-state index contributed by atoms with van der Waals surface area (Å²) >= 11 is 0. The predicted molar refractivity (Wildman–Crippen MR) is 79.7 cm³/mol. The lowest BCUT2D eigenvalue weighted by atomic mass is 9.97. The Morgan fingerprint density at radius 1 is 1.10 bits per heavy atom. The Hall–Kier alpha value is -1.87. The summed E-state index contributed by atoms with van der Waals surface area (Å²) < 4.78 is 19.0. The van der Waals surface area contributed by atoms with E-state index in [1.54, 1.807) is 6.07 Å². The third-order valence-electron chi connectivity index (χ3n) is 3.21. The molecule has 1 N–H and O–H groups in total. The van der Waals surface area contributed by atoms with Gasteiger partial charge in [-0.1, -0.05) is 18.2 Å². The van der Waals surface area contributed by atoms with Crippen molar-refractivity contribution in [3.63, 3.8) is 0 Å². The lowest BCUT2D eigenvalue weighted by Gasteiger charge is -2.18. The maximum Gasteiger partial charge on any atom is 0.123 e. The summed E-state index contributed by atoms with van der Waals surface area (Å²) in [4.78, 5) is 0. The van der Waals surface area contributed by atoms with Crippen LogP contribution in [0.15, 0.2) is 42.5 Å². The molecule has 0 aliphatic rings. The Morgan fingerprint density at radius 2 is 1.80 bits per heavy atom. The van der Waals surface area contributed by atoms with Crippen LogP contribution < -0.4 is 10.1 Å². The summed E-state index contributed by atoms with van der Waals surface area (Å²) in [5.41, 5.74) is 2.93. The van der Waals surface area contributed by atoms with Crippen molar-refractivity contribution in [2.75, 3.05) is 13.7 Å². The summed E-state index contributed by atoms with van der Waals surface area (Å²) in [7, 11) is 1.88. The maximum absolute atomic E-state index is 13.6. The minimum absolute atomic E-state index is 0.0277. The molecule has 0 bridgehead atoms. The van der Waals surface area contributed by atoms with Gasteiger partial charge < -0.3 is 10.1 Å². The van der Waals surface area contributed by atoms with Crippen molar-refractivity contribution in [3.8, 4) is 5.75 Å². The minimum Gasteiger partial charge on any atom is -0.494 e. The Labute approximate surface area is 119 Å². The van der Waals surface area contributed by atoms with Crippen molar-refractivity contribution in [1.82, 2.24) is 5.32 Å². The number of hydrogen-bond donors (Lipinski definition) is 1. The second kappa shape index (κ2) is 6.53. The van der Waals surface area contributed by atoms with Crippen LogP contribution in [-0.4, -0.2) is 13.7 Å². The molecule has 1 atom stereocenters. The first-order chi connectivity index (χ1) is 9.63. The van der Waals surface area contributed by atoms with Gasteiger partial charge in [-0.25, -0.2) is 4.39 Å². The van der Waals surface area contributed by atoms with E-state index < -0.39 is 0 Å². The van der Waals surface area contributed by atoms with Gasteiger partial charge in [-0.05, 0) is 61.9 Å². The molecule has 0 radical (unpaired) electrons. The van der Waals surface area contributed by atoms with Gasteiger partial charge in [0, 0.05) is 0 Å². The molecule has 0 aromatic heterocycles. The summed E-state index contributed by atoms with van der Waals surface area (Å²) in [6, 6.07) is 13.0. The second-order valence-electron chi connectivity index (χ2n) is 4.79. The minimum atomic E-state index is -0.203. The number of aryl methyl sites for hydroxylation is 1. The van der Waals surface area contributed by atoms with E-state index in [9.17, 15) is 4.39 Å². The van der Waals surface area contributed by atoms with E-state index >= 15 is 0 Å². The molecule has 2 aromatic carbocycles. The molecular weight excluding hydrogens is 253 g/mol. The Bertz CT molecular complexity index is 545. The zero-order valence-corrected chi connectivity index (χ0v) is 12.1. The Morgan fingerprint density at radius 3 is 2.35 bits per heavy atom. The first-order valence-corrected chi connectivity index (χ1v) is 6.81. The van der Waals surface area contributed by atoms with E-state index in [0.29, 0.717) is 6.61 Å². The highest BCUT2D eigenvalue weighted by Gasteiger charge is 2.13. The summed E-state index contributed by atoms with van der Waals surface area (Å²) in [5.74, 6) is 0.646. The molecule has 2 rings (SSSR count). The number of ether oxygens (including phenoxy) is 1. The molecule has 1 unspecified atom stereocenters. The van der Waals surface area contributed by atoms with E-state index in [0.717, 1.165) is 22.4 Å². The molecule has 20 heavy (non-hydrogen) atoms. The summed E-state index contributed by atoms with van der Waals surface area (Å²) in [5, 5.41) is 3.23. The fourth-order valence-corrected chi connectivity index (χ4v) is 2.38. The molecule has 3 heteroatoms. The van der Waals surface area contributed by atoms with Crippen molar-refractivity contribution in [2.45, 2.75) is 19.9 Å². The van der Waals surface area contributed by atoms with E-state index in [1.807, 2.05) is 51.2 Å². The van der Waals surface area contributed by atoms with Crippen LogP contribution >= 0.6 is 0 Å². The molecule has 0 aliphatic heterocycles. The predicted octanol–water partition coefficient (Wildman–Crippen LogP) is 3.84. The van der Waals surface area contributed by atoms with Gasteiger partial charge in [-0.15, -0.1) is 0 Å². The summed E-state index contributed by atoms with van der Waals surface area (Å²) in [6.45, 7) is 4.51. The number of halogens is 1. The molecule has 2 nitrogen and oxygen atoms in total. The van der Waals surface area contributed by atoms with E-state index in [2.05, 4.69) is 5.32 Å². The highest BCUT2D eigenvalue weighted by Crippen LogP contribution is 2.25. The van der Waals surface area contributed by atoms with E-state index in [1.165, 1.54) is 6.07 Å². The Kier molecular flexibility index (Phi) is 4.74. The third kappa shape index (κ3) is 3.36. The standard InChI is InChI=1S/C17H20FNO/c1-4-20-16-7-5-13(6-8-16)17(19-3)14-9-12(2)10-15(18)11-14/h5-11,17,19H,4H2,1-3H3. The van der Waals surface area contributed by atoms with Gasteiger partial charge in [0.2, 0.25) is 0 Å². The van der Waals surface area contributed by atoms with Crippen molar-refractivity contribution < 1.29 is 9.13 Å². The quantitative estimate of drug-likeness (QED) is 0.893. The van der Waals surface area contributed by atoms with Crippen LogP contribution in [-0.2, 0) is 0 Å². The lowest BCUT2D eigenvalue weighted by molar-refractivity contribution is 0.340. The molecule has 0 saturated heterocycles. The largest absolute Gasteiger partial charge is 0.494 e. The summed E-state index contributed by atoms with van der Waals surface area (Å²) in [6.07, 6.45) is 0. The normalized spacial score (nSPS) is 12.2. The van der Waals surface area contributed by atoms with Crippen molar-refractivity contribution >= 4 is 0 Å². The molecule has 0 spiro atoms.